The number of nitrogens with one attached hydrogen (secondary N) is 1. The van der Waals surface area contributed by atoms with Gasteiger partial charge in [-0.3, -0.25) is 4.79 Å². The van der Waals surface area contributed by atoms with Gasteiger partial charge in [-0.25, -0.2) is 0 Å². The quantitative estimate of drug-likeness (QED) is 0.693. The molecule has 3 nitrogen and oxygen atoms in total. The molecule has 0 unspecified atom stereocenters. The van der Waals surface area contributed by atoms with E-state index < -0.39 is 0 Å². The fourth-order valence-corrected chi connectivity index (χ4v) is 2.34. The molecule has 0 aromatic rings. The number of carbonyl (C=O) groups is 1. The van der Waals surface area contributed by atoms with Crippen LogP contribution in [0.15, 0.2) is 0 Å². The van der Waals surface area contributed by atoms with Crippen LogP contribution in [-0.4, -0.2) is 19.0 Å². The first-order chi connectivity index (χ1) is 7.74. The summed E-state index contributed by atoms with van der Waals surface area (Å²) in [4.78, 5) is 11.6. The maximum Gasteiger partial charge on any atom is 0.220 e. The van der Waals surface area contributed by atoms with Crippen molar-refractivity contribution < 1.29 is 4.79 Å². The average Bonchev–Trinajstić information content (AvgIpc) is 3.00. The summed E-state index contributed by atoms with van der Waals surface area (Å²) in [7, 11) is 0. The lowest BCUT2D eigenvalue weighted by molar-refractivity contribution is -0.121. The molecule has 0 heterocycles. The van der Waals surface area contributed by atoms with Crippen LogP contribution in [0.25, 0.3) is 0 Å². The van der Waals surface area contributed by atoms with Gasteiger partial charge in [0.1, 0.15) is 0 Å². The molecule has 2 aliphatic carbocycles. The first-order valence-corrected chi connectivity index (χ1v) is 6.71. The summed E-state index contributed by atoms with van der Waals surface area (Å²) in [6, 6.07) is 0. The van der Waals surface area contributed by atoms with Crippen molar-refractivity contribution in [3.05, 3.63) is 0 Å². The normalized spacial score (nSPS) is 22.6. The van der Waals surface area contributed by atoms with E-state index in [1.807, 2.05) is 0 Å². The van der Waals surface area contributed by atoms with Crippen molar-refractivity contribution in [3.63, 3.8) is 0 Å². The molecular weight excluding hydrogens is 200 g/mol. The van der Waals surface area contributed by atoms with Crippen LogP contribution in [-0.2, 0) is 4.79 Å². The second kappa shape index (κ2) is 5.17. The number of hydrogen-bond acceptors (Lipinski definition) is 2. The number of nitrogens with two attached hydrogens (primary N) is 1. The summed E-state index contributed by atoms with van der Waals surface area (Å²) < 4.78 is 0. The highest BCUT2D eigenvalue weighted by molar-refractivity contribution is 5.75. The van der Waals surface area contributed by atoms with Gasteiger partial charge in [-0.15, -0.1) is 0 Å². The molecule has 3 heteroatoms. The Labute approximate surface area is 98.2 Å². The van der Waals surface area contributed by atoms with E-state index in [0.29, 0.717) is 6.42 Å². The Morgan fingerprint density at radius 1 is 1.38 bits per heavy atom. The van der Waals surface area contributed by atoms with Crippen LogP contribution in [0.3, 0.4) is 0 Å². The predicted octanol–water partition coefficient (Wildman–Crippen LogP) is 1.81. The van der Waals surface area contributed by atoms with E-state index in [9.17, 15) is 4.79 Å². The Morgan fingerprint density at radius 2 is 2.12 bits per heavy atom. The molecule has 92 valence electrons. The zero-order chi connectivity index (χ0) is 11.4. The molecule has 16 heavy (non-hydrogen) atoms. The summed E-state index contributed by atoms with van der Waals surface area (Å²) in [6.45, 7) is 1.51. The van der Waals surface area contributed by atoms with Crippen molar-refractivity contribution in [3.8, 4) is 0 Å². The highest BCUT2D eigenvalue weighted by atomic mass is 16.1. The van der Waals surface area contributed by atoms with E-state index >= 15 is 0 Å². The Kier molecular flexibility index (Phi) is 3.85. The fourth-order valence-electron chi connectivity index (χ4n) is 2.34. The standard InChI is InChI=1S/C13H24N2O/c14-9-13(7-8-13)10-15-12(16)6-2-5-11-3-1-4-11/h11H,1-10,14H2,(H,15,16). The molecule has 2 aliphatic rings. The lowest BCUT2D eigenvalue weighted by atomic mass is 9.82. The third kappa shape index (κ3) is 3.21. The maximum absolute atomic E-state index is 11.6. The van der Waals surface area contributed by atoms with Crippen molar-refractivity contribution in [2.45, 2.75) is 51.4 Å². The van der Waals surface area contributed by atoms with Crippen LogP contribution < -0.4 is 11.1 Å². The molecule has 1 amide bonds. The molecule has 0 spiro atoms. The van der Waals surface area contributed by atoms with Crippen LogP contribution in [0.1, 0.15) is 51.4 Å². The molecule has 0 aliphatic heterocycles. The molecule has 0 atom stereocenters. The lowest BCUT2D eigenvalue weighted by Crippen LogP contribution is -2.33. The van der Waals surface area contributed by atoms with Crippen LogP contribution >= 0.6 is 0 Å². The zero-order valence-electron chi connectivity index (χ0n) is 10.1. The molecule has 0 bridgehead atoms. The van der Waals surface area contributed by atoms with Crippen LogP contribution in [0.4, 0.5) is 0 Å². The Morgan fingerprint density at radius 3 is 2.62 bits per heavy atom. The predicted molar refractivity (Wildman–Crippen MR) is 64.9 cm³/mol. The fraction of sp³-hybridized carbons (Fsp3) is 0.923. The molecule has 0 radical (unpaired) electrons. The third-order valence-corrected chi connectivity index (χ3v) is 4.29. The average molecular weight is 224 g/mol. The monoisotopic (exact) mass is 224 g/mol. The smallest absolute Gasteiger partial charge is 0.220 e. The van der Waals surface area contributed by atoms with Crippen molar-refractivity contribution in [2.24, 2.45) is 17.1 Å². The van der Waals surface area contributed by atoms with E-state index in [1.54, 1.807) is 0 Å². The van der Waals surface area contributed by atoms with Gasteiger partial charge in [0, 0.05) is 13.0 Å². The van der Waals surface area contributed by atoms with E-state index in [0.717, 1.165) is 25.4 Å². The van der Waals surface area contributed by atoms with Crippen molar-refractivity contribution >= 4 is 5.91 Å². The highest BCUT2D eigenvalue weighted by Crippen LogP contribution is 2.43. The summed E-state index contributed by atoms with van der Waals surface area (Å²) >= 11 is 0. The molecule has 3 N–H and O–H groups in total. The van der Waals surface area contributed by atoms with Crippen molar-refractivity contribution in [1.29, 1.82) is 0 Å². The summed E-state index contributed by atoms with van der Waals surface area (Å²) in [5.41, 5.74) is 5.94. The minimum absolute atomic E-state index is 0.221. The van der Waals surface area contributed by atoms with Gasteiger partial charge in [-0.1, -0.05) is 19.3 Å². The maximum atomic E-state index is 11.6. The van der Waals surface area contributed by atoms with E-state index in [-0.39, 0.29) is 11.3 Å². The second-order valence-electron chi connectivity index (χ2n) is 5.67. The lowest BCUT2D eigenvalue weighted by Gasteiger charge is -2.24. The van der Waals surface area contributed by atoms with Crippen LogP contribution in [0, 0.1) is 11.3 Å². The number of hydrogen-bond donors (Lipinski definition) is 2. The van der Waals surface area contributed by atoms with Crippen molar-refractivity contribution in [2.75, 3.05) is 13.1 Å². The number of amides is 1. The van der Waals surface area contributed by atoms with E-state index in [1.165, 1.54) is 38.5 Å². The summed E-state index contributed by atoms with van der Waals surface area (Å²) in [5, 5.41) is 3.03. The molecule has 2 rings (SSSR count). The second-order valence-corrected chi connectivity index (χ2v) is 5.67. The SMILES string of the molecule is NCC1(CNC(=O)CCCC2CCC2)CC1. The third-order valence-electron chi connectivity index (χ3n) is 4.29. The Hall–Kier alpha value is -0.570. The summed E-state index contributed by atoms with van der Waals surface area (Å²) in [5.74, 6) is 1.14. The molecule has 2 fully saturated rings. The summed E-state index contributed by atoms with van der Waals surface area (Å²) in [6.07, 6.45) is 9.56. The van der Waals surface area contributed by atoms with Gasteiger partial charge in [-0.2, -0.15) is 0 Å². The molecule has 2 saturated carbocycles. The number of rotatable bonds is 7. The largest absolute Gasteiger partial charge is 0.355 e. The molecule has 0 saturated heterocycles. The van der Waals surface area contributed by atoms with Crippen LogP contribution in [0.5, 0.6) is 0 Å². The van der Waals surface area contributed by atoms with E-state index in [2.05, 4.69) is 5.32 Å². The van der Waals surface area contributed by atoms with E-state index in [4.69, 9.17) is 5.73 Å². The van der Waals surface area contributed by atoms with Gasteiger partial charge in [0.25, 0.3) is 0 Å². The van der Waals surface area contributed by atoms with Gasteiger partial charge >= 0.3 is 0 Å². The topological polar surface area (TPSA) is 55.1 Å². The minimum Gasteiger partial charge on any atom is -0.355 e. The number of carbonyl (C=O) groups excluding carboxylic acids is 1. The van der Waals surface area contributed by atoms with Gasteiger partial charge in [0.15, 0.2) is 0 Å². The minimum atomic E-state index is 0.221. The van der Waals surface area contributed by atoms with Crippen LogP contribution in [0.2, 0.25) is 0 Å². The first kappa shape index (κ1) is 11.9. The van der Waals surface area contributed by atoms with Gasteiger partial charge in [0.2, 0.25) is 5.91 Å². The van der Waals surface area contributed by atoms with Gasteiger partial charge in [-0.05, 0) is 43.6 Å². The van der Waals surface area contributed by atoms with Gasteiger partial charge < -0.3 is 11.1 Å². The molecular formula is C13H24N2O. The zero-order valence-corrected chi connectivity index (χ0v) is 10.1. The molecule has 0 aromatic carbocycles. The Balaban J connectivity index is 1.50. The highest BCUT2D eigenvalue weighted by Gasteiger charge is 2.41. The molecule has 0 aromatic heterocycles. The Bertz CT molecular complexity index is 244. The van der Waals surface area contributed by atoms with Crippen molar-refractivity contribution in [1.82, 2.24) is 5.32 Å². The van der Waals surface area contributed by atoms with Gasteiger partial charge in [0.05, 0.1) is 0 Å². The first-order valence-electron chi connectivity index (χ1n) is 6.71.